The first-order valence-corrected chi connectivity index (χ1v) is 6.21. The van der Waals surface area contributed by atoms with E-state index in [0.29, 0.717) is 23.5 Å². The van der Waals surface area contributed by atoms with E-state index >= 15 is 0 Å². The van der Waals surface area contributed by atoms with Gasteiger partial charge in [0.2, 0.25) is 0 Å². The van der Waals surface area contributed by atoms with E-state index in [1.807, 2.05) is 30.3 Å². The molecule has 0 bridgehead atoms. The maximum Gasteiger partial charge on any atom is 0.150 e. The molecule has 0 saturated carbocycles. The van der Waals surface area contributed by atoms with Gasteiger partial charge >= 0.3 is 0 Å². The van der Waals surface area contributed by atoms with E-state index in [4.69, 9.17) is 4.74 Å². The van der Waals surface area contributed by atoms with Crippen molar-refractivity contribution in [2.45, 2.75) is 0 Å². The van der Waals surface area contributed by atoms with Gasteiger partial charge in [-0.2, -0.15) is 0 Å². The molecule has 2 heteroatoms. The molecule has 0 saturated heterocycles. The van der Waals surface area contributed by atoms with Crippen molar-refractivity contribution in [2.75, 3.05) is 6.61 Å². The molecule has 98 valence electrons. The number of aldehydes is 1. The summed E-state index contributed by atoms with van der Waals surface area (Å²) in [6, 6.07) is 16.7. The standard InChI is InChI=1S/C18H14O2/c1-15(10-11-16-6-3-2-4-7-16)14-20-18-9-5-8-17(12-18)13-19/h2-9,12-13H,1,14H2. The number of carbonyl (C=O) groups excluding carboxylic acids is 1. The summed E-state index contributed by atoms with van der Waals surface area (Å²) in [6.45, 7) is 4.17. The highest BCUT2D eigenvalue weighted by Gasteiger charge is 1.96. The second kappa shape index (κ2) is 6.96. The molecule has 0 radical (unpaired) electrons. The number of benzene rings is 2. The van der Waals surface area contributed by atoms with E-state index in [2.05, 4.69) is 18.4 Å². The zero-order chi connectivity index (χ0) is 14.2. The fourth-order valence-electron chi connectivity index (χ4n) is 1.57. The van der Waals surface area contributed by atoms with Gasteiger partial charge in [-0.1, -0.05) is 48.8 Å². The van der Waals surface area contributed by atoms with Crippen molar-refractivity contribution >= 4 is 6.29 Å². The van der Waals surface area contributed by atoms with Crippen LogP contribution < -0.4 is 4.74 Å². The Morgan fingerprint density at radius 3 is 2.70 bits per heavy atom. The fourth-order valence-corrected chi connectivity index (χ4v) is 1.57. The number of hydrogen-bond acceptors (Lipinski definition) is 2. The maximum atomic E-state index is 10.7. The Kier molecular flexibility index (Phi) is 4.75. The van der Waals surface area contributed by atoms with E-state index in [9.17, 15) is 4.79 Å². The van der Waals surface area contributed by atoms with Crippen LogP contribution in [-0.4, -0.2) is 12.9 Å². The summed E-state index contributed by atoms with van der Waals surface area (Å²) in [5.74, 6) is 6.61. The molecule has 2 aromatic carbocycles. The van der Waals surface area contributed by atoms with Crippen LogP contribution in [0.4, 0.5) is 0 Å². The summed E-state index contributed by atoms with van der Waals surface area (Å²) in [6.07, 6.45) is 0.789. The third kappa shape index (κ3) is 4.15. The average molecular weight is 262 g/mol. The Morgan fingerprint density at radius 2 is 1.95 bits per heavy atom. The molecule has 0 aliphatic heterocycles. The highest BCUT2D eigenvalue weighted by Crippen LogP contribution is 2.12. The summed E-state index contributed by atoms with van der Waals surface area (Å²) in [7, 11) is 0. The molecule has 0 aromatic heterocycles. The van der Waals surface area contributed by atoms with Crippen LogP contribution in [0.15, 0.2) is 66.7 Å². The molecule has 0 amide bonds. The van der Waals surface area contributed by atoms with E-state index in [0.717, 1.165) is 11.8 Å². The van der Waals surface area contributed by atoms with E-state index in [1.165, 1.54) is 0 Å². The maximum absolute atomic E-state index is 10.7. The van der Waals surface area contributed by atoms with Crippen LogP contribution in [0, 0.1) is 11.8 Å². The van der Waals surface area contributed by atoms with Crippen molar-refractivity contribution < 1.29 is 9.53 Å². The molecular weight excluding hydrogens is 248 g/mol. The molecule has 2 rings (SSSR count). The van der Waals surface area contributed by atoms with Crippen LogP contribution in [-0.2, 0) is 0 Å². The number of carbonyl (C=O) groups is 1. The Hall–Kier alpha value is -2.79. The summed E-state index contributed by atoms with van der Waals surface area (Å²) >= 11 is 0. The topological polar surface area (TPSA) is 26.3 Å². The van der Waals surface area contributed by atoms with Crippen molar-refractivity contribution in [2.24, 2.45) is 0 Å². The summed E-state index contributed by atoms with van der Waals surface area (Å²) in [4.78, 5) is 10.7. The summed E-state index contributed by atoms with van der Waals surface area (Å²) in [5.41, 5.74) is 2.21. The second-order valence-electron chi connectivity index (χ2n) is 4.20. The molecular formula is C18H14O2. The molecule has 0 N–H and O–H groups in total. The molecule has 20 heavy (non-hydrogen) atoms. The zero-order valence-corrected chi connectivity index (χ0v) is 11.0. The minimum absolute atomic E-state index is 0.308. The summed E-state index contributed by atoms with van der Waals surface area (Å²) in [5, 5.41) is 0. The normalized spacial score (nSPS) is 9.20. The van der Waals surface area contributed by atoms with Crippen LogP contribution in [0.5, 0.6) is 5.75 Å². The molecule has 0 aliphatic carbocycles. The third-order valence-electron chi connectivity index (χ3n) is 2.56. The van der Waals surface area contributed by atoms with Crippen molar-refractivity contribution in [1.29, 1.82) is 0 Å². The van der Waals surface area contributed by atoms with Gasteiger partial charge in [-0.3, -0.25) is 4.79 Å². The highest BCUT2D eigenvalue weighted by molar-refractivity contribution is 5.75. The Balaban J connectivity index is 1.92. The van der Waals surface area contributed by atoms with E-state index < -0.39 is 0 Å². The van der Waals surface area contributed by atoms with Crippen molar-refractivity contribution in [3.05, 3.63) is 77.9 Å². The summed E-state index contributed by atoms with van der Waals surface area (Å²) < 4.78 is 5.54. The molecule has 2 aromatic rings. The van der Waals surface area contributed by atoms with Gasteiger partial charge in [-0.05, 0) is 24.3 Å². The van der Waals surface area contributed by atoms with Crippen molar-refractivity contribution in [1.82, 2.24) is 0 Å². The Labute approximate surface area is 118 Å². The first kappa shape index (κ1) is 13.6. The lowest BCUT2D eigenvalue weighted by molar-refractivity contribution is 0.112. The lowest BCUT2D eigenvalue weighted by atomic mass is 10.2. The van der Waals surface area contributed by atoms with Crippen LogP contribution in [0.25, 0.3) is 0 Å². The average Bonchev–Trinajstić information content (AvgIpc) is 2.52. The highest BCUT2D eigenvalue weighted by atomic mass is 16.5. The lowest BCUT2D eigenvalue weighted by Crippen LogP contribution is -1.99. The molecule has 0 atom stereocenters. The fraction of sp³-hybridized carbons (Fsp3) is 0.0556. The van der Waals surface area contributed by atoms with Gasteiger partial charge in [0.05, 0.1) is 0 Å². The minimum atomic E-state index is 0.308. The molecule has 0 fully saturated rings. The van der Waals surface area contributed by atoms with Gasteiger partial charge in [-0.25, -0.2) is 0 Å². The quantitative estimate of drug-likeness (QED) is 0.623. The molecule has 2 nitrogen and oxygen atoms in total. The predicted molar refractivity (Wildman–Crippen MR) is 79.8 cm³/mol. The van der Waals surface area contributed by atoms with Crippen LogP contribution in [0.2, 0.25) is 0 Å². The Bertz CT molecular complexity index is 661. The third-order valence-corrected chi connectivity index (χ3v) is 2.56. The molecule has 0 aliphatic rings. The monoisotopic (exact) mass is 262 g/mol. The number of rotatable bonds is 4. The number of ether oxygens (including phenoxy) is 1. The first-order valence-electron chi connectivity index (χ1n) is 6.21. The van der Waals surface area contributed by atoms with Crippen LogP contribution in [0.1, 0.15) is 15.9 Å². The van der Waals surface area contributed by atoms with Gasteiger partial charge in [-0.15, -0.1) is 0 Å². The van der Waals surface area contributed by atoms with Gasteiger partial charge in [0.15, 0.2) is 0 Å². The first-order chi connectivity index (χ1) is 9.78. The molecule has 0 unspecified atom stereocenters. The second-order valence-corrected chi connectivity index (χ2v) is 4.20. The van der Waals surface area contributed by atoms with Gasteiger partial charge in [0.1, 0.15) is 18.6 Å². The smallest absolute Gasteiger partial charge is 0.150 e. The Morgan fingerprint density at radius 1 is 1.15 bits per heavy atom. The van der Waals surface area contributed by atoms with Gasteiger partial charge in [0, 0.05) is 16.7 Å². The lowest BCUT2D eigenvalue weighted by Gasteiger charge is -2.05. The van der Waals surface area contributed by atoms with E-state index in [-0.39, 0.29) is 0 Å². The largest absolute Gasteiger partial charge is 0.488 e. The van der Waals surface area contributed by atoms with Crippen LogP contribution in [0.3, 0.4) is 0 Å². The SMILES string of the molecule is C=C(C#Cc1ccccc1)COc1cccc(C=O)c1. The van der Waals surface area contributed by atoms with Gasteiger partial charge in [0.25, 0.3) is 0 Å². The zero-order valence-electron chi connectivity index (χ0n) is 11.0. The molecule has 0 spiro atoms. The van der Waals surface area contributed by atoms with Crippen molar-refractivity contribution in [3.8, 4) is 17.6 Å². The minimum Gasteiger partial charge on any atom is -0.488 e. The van der Waals surface area contributed by atoms with Crippen LogP contribution >= 0.6 is 0 Å². The molecule has 0 heterocycles. The van der Waals surface area contributed by atoms with Gasteiger partial charge < -0.3 is 4.74 Å². The van der Waals surface area contributed by atoms with Crippen molar-refractivity contribution in [3.63, 3.8) is 0 Å². The van der Waals surface area contributed by atoms with E-state index in [1.54, 1.807) is 24.3 Å². The predicted octanol–water partition coefficient (Wildman–Crippen LogP) is 3.49. The number of hydrogen-bond donors (Lipinski definition) is 0.